The van der Waals surface area contributed by atoms with Crippen molar-refractivity contribution in [3.8, 4) is 0 Å². The van der Waals surface area contributed by atoms with E-state index in [2.05, 4.69) is 4.99 Å². The Bertz CT molecular complexity index is 178. The average Bonchev–Trinajstić information content (AvgIpc) is 2.17. The van der Waals surface area contributed by atoms with E-state index in [9.17, 15) is 0 Å². The lowest BCUT2D eigenvalue weighted by molar-refractivity contribution is 0.235. The lowest BCUT2D eigenvalue weighted by Crippen LogP contribution is -2.25. The Morgan fingerprint density at radius 3 is 2.38 bits per heavy atom. The van der Waals surface area contributed by atoms with Crippen molar-refractivity contribution < 1.29 is 9.47 Å². The first-order valence-electron chi connectivity index (χ1n) is 4.57. The molecular formula is C9H16ClNO2. The van der Waals surface area contributed by atoms with Crippen LogP contribution < -0.4 is 0 Å². The number of ether oxygens (including phenoxy) is 2. The number of alkyl halides is 1. The summed E-state index contributed by atoms with van der Waals surface area (Å²) < 4.78 is 9.84. The second-order valence-corrected chi connectivity index (χ2v) is 3.73. The Hall–Kier alpha value is -0.440. The van der Waals surface area contributed by atoms with Crippen molar-refractivity contribution in [1.82, 2.24) is 0 Å². The van der Waals surface area contributed by atoms with Gasteiger partial charge in [0.1, 0.15) is 0 Å². The topological polar surface area (TPSA) is 30.8 Å². The highest BCUT2D eigenvalue weighted by Crippen LogP contribution is 2.25. The molecule has 0 heterocycles. The van der Waals surface area contributed by atoms with E-state index in [1.165, 1.54) is 12.8 Å². The monoisotopic (exact) mass is 205 g/mol. The van der Waals surface area contributed by atoms with Gasteiger partial charge in [-0.15, -0.1) is 11.6 Å². The van der Waals surface area contributed by atoms with E-state index in [1.807, 2.05) is 0 Å². The summed E-state index contributed by atoms with van der Waals surface area (Å²) in [6.45, 7) is 0. The molecule has 1 fully saturated rings. The minimum absolute atomic E-state index is 0.133. The predicted octanol–water partition coefficient (Wildman–Crippen LogP) is 2.19. The maximum Gasteiger partial charge on any atom is 0.383 e. The molecular weight excluding hydrogens is 190 g/mol. The van der Waals surface area contributed by atoms with Gasteiger partial charge in [0.25, 0.3) is 0 Å². The molecule has 3 nitrogen and oxygen atoms in total. The zero-order valence-corrected chi connectivity index (χ0v) is 8.88. The molecule has 0 aromatic carbocycles. The molecule has 0 spiro atoms. The quantitative estimate of drug-likeness (QED) is 0.373. The summed E-state index contributed by atoms with van der Waals surface area (Å²) >= 11 is 6.12. The molecule has 1 aliphatic rings. The molecule has 13 heavy (non-hydrogen) atoms. The van der Waals surface area contributed by atoms with Crippen LogP contribution in [-0.2, 0) is 9.47 Å². The van der Waals surface area contributed by atoms with Gasteiger partial charge < -0.3 is 9.47 Å². The zero-order chi connectivity index (χ0) is 9.68. The highest BCUT2D eigenvalue weighted by Gasteiger charge is 2.23. The molecule has 1 saturated carbocycles. The van der Waals surface area contributed by atoms with E-state index >= 15 is 0 Å². The van der Waals surface area contributed by atoms with Crippen LogP contribution in [0.15, 0.2) is 4.99 Å². The van der Waals surface area contributed by atoms with Crippen LogP contribution in [0.5, 0.6) is 0 Å². The Kier molecular flexibility index (Phi) is 4.36. The molecule has 0 aliphatic heterocycles. The van der Waals surface area contributed by atoms with E-state index in [4.69, 9.17) is 21.1 Å². The van der Waals surface area contributed by atoms with Gasteiger partial charge in [-0.25, -0.2) is 4.99 Å². The summed E-state index contributed by atoms with van der Waals surface area (Å²) in [5.74, 6) is 0. The average molecular weight is 206 g/mol. The number of nitrogens with zero attached hydrogens (tertiary/aromatic N) is 1. The first-order chi connectivity index (χ1) is 6.27. The van der Waals surface area contributed by atoms with Crippen LogP contribution in [0, 0.1) is 0 Å². The standard InChI is InChI=1S/C9H16ClNO2/c1-12-9(13-2)11-8-6-4-3-5-7(8)10/h7-8H,3-6H2,1-2H3/t7-,8-/m0/s1. The van der Waals surface area contributed by atoms with Crippen molar-refractivity contribution in [2.75, 3.05) is 14.2 Å². The van der Waals surface area contributed by atoms with Gasteiger partial charge in [0.2, 0.25) is 0 Å². The SMILES string of the molecule is COC(=N[C@H]1CCCC[C@@H]1Cl)OC. The summed E-state index contributed by atoms with van der Waals surface area (Å²) in [7, 11) is 3.10. The second-order valence-electron chi connectivity index (χ2n) is 3.17. The number of methoxy groups -OCH3 is 2. The van der Waals surface area contributed by atoms with Crippen molar-refractivity contribution in [1.29, 1.82) is 0 Å². The van der Waals surface area contributed by atoms with Gasteiger partial charge in [0.15, 0.2) is 0 Å². The predicted molar refractivity (Wildman–Crippen MR) is 53.4 cm³/mol. The van der Waals surface area contributed by atoms with Crippen LogP contribution in [0.25, 0.3) is 0 Å². The molecule has 0 bridgehead atoms. The van der Waals surface area contributed by atoms with Gasteiger partial charge in [-0.3, -0.25) is 0 Å². The second kappa shape index (κ2) is 5.32. The Morgan fingerprint density at radius 1 is 1.23 bits per heavy atom. The molecule has 1 aliphatic carbocycles. The number of hydrogen-bond acceptors (Lipinski definition) is 3. The van der Waals surface area contributed by atoms with Crippen LogP contribution in [-0.4, -0.2) is 31.7 Å². The van der Waals surface area contributed by atoms with Gasteiger partial charge in [-0.1, -0.05) is 12.8 Å². The Morgan fingerprint density at radius 2 is 1.85 bits per heavy atom. The molecule has 0 saturated heterocycles. The highest BCUT2D eigenvalue weighted by atomic mass is 35.5. The van der Waals surface area contributed by atoms with E-state index in [0.717, 1.165) is 12.8 Å². The number of aliphatic imine (C=N–C) groups is 1. The maximum atomic E-state index is 6.12. The number of rotatable bonds is 1. The van der Waals surface area contributed by atoms with Crippen molar-refractivity contribution in [2.24, 2.45) is 4.99 Å². The molecule has 4 heteroatoms. The fraction of sp³-hybridized carbons (Fsp3) is 0.889. The van der Waals surface area contributed by atoms with Gasteiger partial charge in [-0.2, -0.15) is 0 Å². The third kappa shape index (κ3) is 3.07. The first kappa shape index (κ1) is 10.6. The summed E-state index contributed by atoms with van der Waals surface area (Å²) in [6.07, 6.45) is 4.80. The Balaban J connectivity index is 2.53. The first-order valence-corrected chi connectivity index (χ1v) is 5.01. The largest absolute Gasteiger partial charge is 0.454 e. The van der Waals surface area contributed by atoms with E-state index in [0.29, 0.717) is 6.08 Å². The van der Waals surface area contributed by atoms with E-state index in [1.54, 1.807) is 14.2 Å². The zero-order valence-electron chi connectivity index (χ0n) is 8.12. The van der Waals surface area contributed by atoms with Crippen molar-refractivity contribution in [2.45, 2.75) is 37.1 Å². The van der Waals surface area contributed by atoms with Gasteiger partial charge in [0.05, 0.1) is 25.6 Å². The van der Waals surface area contributed by atoms with E-state index in [-0.39, 0.29) is 11.4 Å². The summed E-state index contributed by atoms with van der Waals surface area (Å²) in [6, 6.07) is 0.158. The summed E-state index contributed by atoms with van der Waals surface area (Å²) in [5, 5.41) is 0.133. The fourth-order valence-electron chi connectivity index (χ4n) is 1.54. The van der Waals surface area contributed by atoms with Gasteiger partial charge in [0, 0.05) is 0 Å². The minimum atomic E-state index is 0.133. The van der Waals surface area contributed by atoms with Crippen LogP contribution >= 0.6 is 11.6 Å². The lowest BCUT2D eigenvalue weighted by Gasteiger charge is -2.23. The Labute approximate surface area is 84.1 Å². The molecule has 2 atom stereocenters. The normalized spacial score (nSPS) is 27.9. The van der Waals surface area contributed by atoms with Crippen molar-refractivity contribution >= 4 is 17.7 Å². The summed E-state index contributed by atoms with van der Waals surface area (Å²) in [5.41, 5.74) is 0. The summed E-state index contributed by atoms with van der Waals surface area (Å²) in [4.78, 5) is 4.29. The molecule has 0 aromatic rings. The van der Waals surface area contributed by atoms with Crippen molar-refractivity contribution in [3.63, 3.8) is 0 Å². The minimum Gasteiger partial charge on any atom is -0.454 e. The lowest BCUT2D eigenvalue weighted by atomic mass is 9.95. The molecule has 0 N–H and O–H groups in total. The van der Waals surface area contributed by atoms with Crippen LogP contribution in [0.1, 0.15) is 25.7 Å². The van der Waals surface area contributed by atoms with Gasteiger partial charge in [-0.05, 0) is 12.8 Å². The fourth-order valence-corrected chi connectivity index (χ4v) is 1.87. The molecule has 1 rings (SSSR count). The van der Waals surface area contributed by atoms with Crippen LogP contribution in [0.2, 0.25) is 0 Å². The molecule has 0 unspecified atom stereocenters. The van der Waals surface area contributed by atoms with Crippen LogP contribution in [0.3, 0.4) is 0 Å². The molecule has 0 aromatic heterocycles. The smallest absolute Gasteiger partial charge is 0.383 e. The van der Waals surface area contributed by atoms with Gasteiger partial charge >= 0.3 is 6.08 Å². The number of hydrogen-bond donors (Lipinski definition) is 0. The molecule has 0 amide bonds. The number of halogens is 1. The highest BCUT2D eigenvalue weighted by molar-refractivity contribution is 6.21. The van der Waals surface area contributed by atoms with Crippen molar-refractivity contribution in [3.05, 3.63) is 0 Å². The molecule has 76 valence electrons. The van der Waals surface area contributed by atoms with E-state index < -0.39 is 0 Å². The van der Waals surface area contributed by atoms with Crippen LogP contribution in [0.4, 0.5) is 0 Å². The third-order valence-corrected chi connectivity index (χ3v) is 2.78. The third-order valence-electron chi connectivity index (χ3n) is 2.27. The molecule has 0 radical (unpaired) electrons. The maximum absolute atomic E-state index is 6.12.